The van der Waals surface area contributed by atoms with Crippen LogP contribution in [0, 0.1) is 11.8 Å². The highest BCUT2D eigenvalue weighted by Gasteiger charge is 2.26. The molecular weight excluding hydrogens is 512 g/mol. The van der Waals surface area contributed by atoms with Gasteiger partial charge in [-0.3, -0.25) is 14.6 Å². The Hall–Kier alpha value is -2.84. The quantitative estimate of drug-likeness (QED) is 0.367. The number of ether oxygens (including phenoxy) is 1. The predicted molar refractivity (Wildman–Crippen MR) is 145 cm³/mol. The maximum atomic E-state index is 13.2. The minimum absolute atomic E-state index is 0.0543. The van der Waals surface area contributed by atoms with Gasteiger partial charge in [-0.05, 0) is 59.6 Å². The molecule has 0 saturated heterocycles. The summed E-state index contributed by atoms with van der Waals surface area (Å²) in [6.07, 6.45) is 3.19. The molecule has 3 N–H and O–H groups in total. The fourth-order valence-corrected chi connectivity index (χ4v) is 5.38. The van der Waals surface area contributed by atoms with Crippen LogP contribution in [0.15, 0.2) is 35.3 Å². The van der Waals surface area contributed by atoms with Crippen LogP contribution in [0.2, 0.25) is 5.02 Å². The Labute approximate surface area is 227 Å². The Bertz CT molecular complexity index is 1230. The van der Waals surface area contributed by atoms with Crippen LogP contribution in [0.1, 0.15) is 66.1 Å². The lowest BCUT2D eigenvalue weighted by Crippen LogP contribution is -2.44. The van der Waals surface area contributed by atoms with E-state index in [0.29, 0.717) is 47.1 Å². The van der Waals surface area contributed by atoms with Crippen LogP contribution in [0.4, 0.5) is 14.5 Å². The molecule has 4 rings (SSSR count). The summed E-state index contributed by atoms with van der Waals surface area (Å²) in [7, 11) is 1.58. The number of nitrogens with zero attached hydrogens (tertiary/aromatic N) is 1. The zero-order valence-electron chi connectivity index (χ0n) is 21.7. The Morgan fingerprint density at radius 1 is 1.18 bits per heavy atom. The first-order valence-electron chi connectivity index (χ1n) is 13.0. The van der Waals surface area contributed by atoms with E-state index in [1.165, 1.54) is 12.8 Å². The Morgan fingerprint density at radius 3 is 2.61 bits per heavy atom. The molecule has 2 aromatic rings. The number of amides is 1. The summed E-state index contributed by atoms with van der Waals surface area (Å²) >= 11 is 6.43. The molecule has 0 bridgehead atoms. The molecule has 0 radical (unpaired) electrons. The molecule has 1 saturated carbocycles. The van der Waals surface area contributed by atoms with Crippen LogP contribution < -0.4 is 15.8 Å². The number of nitrogens with one attached hydrogen (secondary N) is 1. The zero-order chi connectivity index (χ0) is 27.4. The number of fused-ring (bicyclic) bond motifs is 1. The summed E-state index contributed by atoms with van der Waals surface area (Å²) in [5.74, 6) is 0.912. The molecule has 2 aromatic carbocycles. The topological polar surface area (TPSA) is 93.8 Å². The Morgan fingerprint density at radius 2 is 1.92 bits per heavy atom. The standard InChI is InChI=1S/C29H34ClF2N3O3/c1-16-3-5-17(6-4-16)10-25(36)22-14-24-20(13-26(22)38-2)12-21(35-24)11-19-9-18(7-8-23(19)30)15-34-29(37)27(33)28(31)32/h7-9,13-14,16-17,27-28H,3-6,10-12,15,33H2,1-2H3,(H,34,37). The van der Waals surface area contributed by atoms with E-state index in [1.54, 1.807) is 19.2 Å². The number of aliphatic imine (C=N–C) groups is 1. The van der Waals surface area contributed by atoms with Crippen LogP contribution in [0.5, 0.6) is 5.75 Å². The Kier molecular flexibility index (Phi) is 9.15. The lowest BCUT2D eigenvalue weighted by Gasteiger charge is -2.25. The summed E-state index contributed by atoms with van der Waals surface area (Å²) in [5, 5.41) is 2.97. The molecule has 0 aromatic heterocycles. The van der Waals surface area contributed by atoms with Crippen LogP contribution >= 0.6 is 11.6 Å². The third-order valence-electron chi connectivity index (χ3n) is 7.53. The largest absolute Gasteiger partial charge is 0.496 e. The number of ketones is 1. The third kappa shape index (κ3) is 6.77. The highest BCUT2D eigenvalue weighted by atomic mass is 35.5. The third-order valence-corrected chi connectivity index (χ3v) is 7.90. The molecule has 1 aliphatic heterocycles. The zero-order valence-corrected chi connectivity index (χ0v) is 22.5. The lowest BCUT2D eigenvalue weighted by atomic mass is 9.80. The van der Waals surface area contributed by atoms with E-state index in [4.69, 9.17) is 27.1 Å². The second kappa shape index (κ2) is 12.3. The monoisotopic (exact) mass is 545 g/mol. The molecule has 1 unspecified atom stereocenters. The highest BCUT2D eigenvalue weighted by Crippen LogP contribution is 2.37. The molecule has 6 nitrogen and oxygen atoms in total. The van der Waals surface area contributed by atoms with Gasteiger partial charge in [0.2, 0.25) is 5.91 Å². The van der Waals surface area contributed by atoms with Crippen LogP contribution in [-0.4, -0.2) is 37.0 Å². The number of methoxy groups -OCH3 is 1. The molecule has 9 heteroatoms. The summed E-state index contributed by atoms with van der Waals surface area (Å²) in [6, 6.07) is 7.13. The van der Waals surface area contributed by atoms with Crippen molar-refractivity contribution in [3.63, 3.8) is 0 Å². The van der Waals surface area contributed by atoms with Gasteiger partial charge in [0.05, 0.1) is 18.4 Å². The van der Waals surface area contributed by atoms with Crippen molar-refractivity contribution in [1.29, 1.82) is 0 Å². The molecule has 0 spiro atoms. The van der Waals surface area contributed by atoms with E-state index in [2.05, 4.69) is 12.2 Å². The van der Waals surface area contributed by atoms with E-state index < -0.39 is 18.4 Å². The summed E-state index contributed by atoms with van der Waals surface area (Å²) in [4.78, 5) is 29.8. The number of Topliss-reactive ketones (excluding diaryl/α,β-unsaturated/α-hetero) is 1. The van der Waals surface area contributed by atoms with E-state index in [0.717, 1.165) is 41.3 Å². The van der Waals surface area contributed by atoms with Gasteiger partial charge in [-0.25, -0.2) is 8.78 Å². The number of carbonyl (C=O) groups excluding carboxylic acids is 2. The molecule has 1 amide bonds. The average molecular weight is 546 g/mol. The molecule has 204 valence electrons. The van der Waals surface area contributed by atoms with Gasteiger partial charge in [0.25, 0.3) is 6.43 Å². The van der Waals surface area contributed by atoms with Crippen LogP contribution in [0.25, 0.3) is 0 Å². The maximum Gasteiger partial charge on any atom is 0.262 e. The molecule has 1 aliphatic carbocycles. The second-order valence-electron chi connectivity index (χ2n) is 10.5. The number of hydrogen-bond donors (Lipinski definition) is 2. The van der Waals surface area contributed by atoms with Crippen molar-refractivity contribution in [2.75, 3.05) is 7.11 Å². The normalized spacial score (nSPS) is 19.6. The van der Waals surface area contributed by atoms with Crippen molar-refractivity contribution in [1.82, 2.24) is 5.32 Å². The number of nitrogens with two attached hydrogens (primary N) is 1. The van der Waals surface area contributed by atoms with E-state index in [9.17, 15) is 18.4 Å². The highest BCUT2D eigenvalue weighted by molar-refractivity contribution is 6.31. The van der Waals surface area contributed by atoms with Crippen molar-refractivity contribution in [2.24, 2.45) is 22.6 Å². The van der Waals surface area contributed by atoms with Gasteiger partial charge in [-0.2, -0.15) is 0 Å². The van der Waals surface area contributed by atoms with Gasteiger partial charge < -0.3 is 15.8 Å². The number of carbonyl (C=O) groups is 2. The number of halogens is 3. The molecule has 2 aliphatic rings. The van der Waals surface area contributed by atoms with Crippen molar-refractivity contribution < 1.29 is 23.1 Å². The molecule has 1 atom stereocenters. The number of alkyl halides is 2. The van der Waals surface area contributed by atoms with E-state index >= 15 is 0 Å². The van der Waals surface area contributed by atoms with Crippen molar-refractivity contribution in [3.8, 4) is 5.75 Å². The molecule has 1 heterocycles. The first kappa shape index (κ1) is 28.2. The van der Waals surface area contributed by atoms with Gasteiger partial charge >= 0.3 is 0 Å². The minimum atomic E-state index is -2.93. The fourth-order valence-electron chi connectivity index (χ4n) is 5.19. The maximum absolute atomic E-state index is 13.2. The first-order chi connectivity index (χ1) is 18.1. The van der Waals surface area contributed by atoms with Crippen molar-refractivity contribution in [2.45, 2.75) is 70.9 Å². The number of benzene rings is 2. The van der Waals surface area contributed by atoms with E-state index in [1.807, 2.05) is 18.2 Å². The average Bonchev–Trinajstić information content (AvgIpc) is 3.30. The molecule has 38 heavy (non-hydrogen) atoms. The lowest BCUT2D eigenvalue weighted by molar-refractivity contribution is -0.125. The second-order valence-corrected chi connectivity index (χ2v) is 10.9. The summed E-state index contributed by atoms with van der Waals surface area (Å²) in [5.41, 5.74) is 9.93. The van der Waals surface area contributed by atoms with Gasteiger partial charge in [-0.15, -0.1) is 0 Å². The number of hydrogen-bond acceptors (Lipinski definition) is 5. The summed E-state index contributed by atoms with van der Waals surface area (Å²) in [6.45, 7) is 2.32. The van der Waals surface area contributed by atoms with Gasteiger partial charge in [0.1, 0.15) is 11.8 Å². The van der Waals surface area contributed by atoms with Crippen molar-refractivity contribution >= 4 is 34.7 Å². The fraction of sp³-hybridized carbons (Fsp3) is 0.483. The predicted octanol–water partition coefficient (Wildman–Crippen LogP) is 5.83. The van der Waals surface area contributed by atoms with Gasteiger partial charge in [0, 0.05) is 36.5 Å². The van der Waals surface area contributed by atoms with E-state index in [-0.39, 0.29) is 12.3 Å². The smallest absolute Gasteiger partial charge is 0.262 e. The van der Waals surface area contributed by atoms with Gasteiger partial charge in [-0.1, -0.05) is 43.5 Å². The Balaban J connectivity index is 1.45. The minimum Gasteiger partial charge on any atom is -0.496 e. The molecule has 1 fully saturated rings. The van der Waals surface area contributed by atoms with Crippen LogP contribution in [0.3, 0.4) is 0 Å². The van der Waals surface area contributed by atoms with Crippen LogP contribution in [-0.2, 0) is 24.2 Å². The first-order valence-corrected chi connectivity index (χ1v) is 13.4. The number of rotatable bonds is 10. The molecular formula is C29H34ClF2N3O3. The van der Waals surface area contributed by atoms with Gasteiger partial charge in [0.15, 0.2) is 5.78 Å². The van der Waals surface area contributed by atoms with Crippen molar-refractivity contribution in [3.05, 3.63) is 57.6 Å². The SMILES string of the molecule is COc1cc2c(cc1C(=O)CC1CCC(C)CC1)N=C(Cc1cc(CNC(=O)C(N)C(F)F)ccc1Cl)C2. The summed E-state index contributed by atoms with van der Waals surface area (Å²) < 4.78 is 30.9.